The van der Waals surface area contributed by atoms with Gasteiger partial charge in [0.2, 0.25) is 0 Å². The third-order valence-corrected chi connectivity index (χ3v) is 7.49. The molecule has 1 aliphatic rings. The monoisotopic (exact) mass is 434 g/mol. The smallest absolute Gasteiger partial charge is 0.162 e. The number of hydrogen-bond donors (Lipinski definition) is 0. The van der Waals surface area contributed by atoms with E-state index in [1.165, 1.54) is 89.9 Å². The van der Waals surface area contributed by atoms with Crippen molar-refractivity contribution >= 4 is 0 Å². The lowest BCUT2D eigenvalue weighted by Gasteiger charge is -2.29. The Kier molecular flexibility index (Phi) is 13.4. The fraction of sp³-hybridized carbons (Fsp3) is 0.793. The van der Waals surface area contributed by atoms with Crippen molar-refractivity contribution in [1.29, 1.82) is 0 Å². The predicted octanol–water partition coefficient (Wildman–Crippen LogP) is 10.3. The van der Waals surface area contributed by atoms with Gasteiger partial charge < -0.3 is 0 Å². The molecule has 1 aliphatic carbocycles. The topological polar surface area (TPSA) is 0 Å². The van der Waals surface area contributed by atoms with Crippen LogP contribution < -0.4 is 0 Å². The van der Waals surface area contributed by atoms with E-state index in [1.54, 1.807) is 0 Å². The lowest BCUT2D eigenvalue weighted by Crippen LogP contribution is -2.15. The van der Waals surface area contributed by atoms with Gasteiger partial charge in [-0.15, -0.1) is 0 Å². The average molecular weight is 435 g/mol. The maximum Gasteiger partial charge on any atom is 0.162 e. The Labute approximate surface area is 191 Å². The van der Waals surface area contributed by atoms with Crippen molar-refractivity contribution in [3.63, 3.8) is 0 Å². The summed E-state index contributed by atoms with van der Waals surface area (Å²) >= 11 is 0. The minimum absolute atomic E-state index is 0.211. The first-order chi connectivity index (χ1) is 15.2. The van der Waals surface area contributed by atoms with Gasteiger partial charge in [0.05, 0.1) is 0 Å². The standard InChI is InChI=1S/C29H48F2/c1-3-5-7-8-9-10-11-12-13-15-17-26-22-23-27(29(31)28(26)30)25-20-18-24(19-21-25)16-14-6-4-2/h22-25H,3-21H2,1-2H3. The Hall–Kier alpha value is -0.920. The number of unbranched alkanes of at least 4 members (excludes halogenated alkanes) is 11. The molecule has 1 saturated carbocycles. The lowest BCUT2D eigenvalue weighted by molar-refractivity contribution is 0.297. The van der Waals surface area contributed by atoms with Crippen LogP contribution in [0.25, 0.3) is 0 Å². The van der Waals surface area contributed by atoms with Gasteiger partial charge in [-0.05, 0) is 61.5 Å². The first kappa shape index (κ1) is 26.3. The van der Waals surface area contributed by atoms with Crippen LogP contribution in [-0.4, -0.2) is 0 Å². The number of rotatable bonds is 16. The molecular formula is C29H48F2. The highest BCUT2D eigenvalue weighted by atomic mass is 19.2. The highest BCUT2D eigenvalue weighted by Gasteiger charge is 2.26. The van der Waals surface area contributed by atoms with Crippen LogP contribution in [0, 0.1) is 17.6 Å². The first-order valence-corrected chi connectivity index (χ1v) is 13.6. The molecule has 31 heavy (non-hydrogen) atoms. The number of aryl methyl sites for hydroxylation is 1. The summed E-state index contributed by atoms with van der Waals surface area (Å²) in [5, 5.41) is 0. The Morgan fingerprint density at radius 1 is 0.645 bits per heavy atom. The number of benzene rings is 1. The summed E-state index contributed by atoms with van der Waals surface area (Å²) < 4.78 is 29.5. The molecule has 2 rings (SSSR count). The van der Waals surface area contributed by atoms with Crippen molar-refractivity contribution in [2.45, 2.75) is 142 Å². The highest BCUT2D eigenvalue weighted by molar-refractivity contribution is 5.29. The zero-order valence-corrected chi connectivity index (χ0v) is 20.5. The van der Waals surface area contributed by atoms with Gasteiger partial charge >= 0.3 is 0 Å². The van der Waals surface area contributed by atoms with Gasteiger partial charge in [0.25, 0.3) is 0 Å². The minimum Gasteiger partial charge on any atom is -0.203 e. The largest absolute Gasteiger partial charge is 0.203 e. The quantitative estimate of drug-likeness (QED) is 0.227. The lowest BCUT2D eigenvalue weighted by atomic mass is 9.76. The molecule has 0 radical (unpaired) electrons. The molecule has 0 nitrogen and oxygen atoms in total. The van der Waals surface area contributed by atoms with Crippen molar-refractivity contribution in [3.8, 4) is 0 Å². The maximum atomic E-state index is 14.8. The van der Waals surface area contributed by atoms with Gasteiger partial charge in [-0.25, -0.2) is 8.78 Å². The molecule has 0 N–H and O–H groups in total. The van der Waals surface area contributed by atoms with Crippen LogP contribution in [0.3, 0.4) is 0 Å². The van der Waals surface area contributed by atoms with E-state index < -0.39 is 11.6 Å². The molecule has 178 valence electrons. The Morgan fingerprint density at radius 3 is 1.81 bits per heavy atom. The Bertz CT molecular complexity index is 587. The summed E-state index contributed by atoms with van der Waals surface area (Å²) in [6, 6.07) is 3.76. The van der Waals surface area contributed by atoms with Crippen molar-refractivity contribution in [1.82, 2.24) is 0 Å². The molecule has 0 saturated heterocycles. The van der Waals surface area contributed by atoms with E-state index in [0.717, 1.165) is 31.6 Å². The second kappa shape index (κ2) is 15.8. The van der Waals surface area contributed by atoms with Gasteiger partial charge in [0.1, 0.15) is 0 Å². The van der Waals surface area contributed by atoms with Gasteiger partial charge in [0, 0.05) is 0 Å². The second-order valence-electron chi connectivity index (χ2n) is 10.1. The summed E-state index contributed by atoms with van der Waals surface area (Å²) in [6.45, 7) is 4.50. The summed E-state index contributed by atoms with van der Waals surface area (Å²) in [4.78, 5) is 0. The van der Waals surface area contributed by atoms with E-state index in [1.807, 2.05) is 12.1 Å². The van der Waals surface area contributed by atoms with Gasteiger partial charge in [-0.3, -0.25) is 0 Å². The van der Waals surface area contributed by atoms with E-state index in [-0.39, 0.29) is 5.92 Å². The van der Waals surface area contributed by atoms with E-state index in [9.17, 15) is 8.78 Å². The van der Waals surface area contributed by atoms with E-state index in [4.69, 9.17) is 0 Å². The summed E-state index contributed by atoms with van der Waals surface area (Å²) in [7, 11) is 0. The highest BCUT2D eigenvalue weighted by Crippen LogP contribution is 2.39. The molecule has 1 aromatic carbocycles. The zero-order chi connectivity index (χ0) is 22.3. The van der Waals surface area contributed by atoms with Crippen LogP contribution in [0.2, 0.25) is 0 Å². The molecule has 1 fully saturated rings. The molecule has 0 unspecified atom stereocenters. The van der Waals surface area contributed by atoms with Crippen LogP contribution >= 0.6 is 0 Å². The third kappa shape index (κ3) is 9.62. The summed E-state index contributed by atoms with van der Waals surface area (Å²) in [5.74, 6) is -0.118. The third-order valence-electron chi connectivity index (χ3n) is 7.49. The van der Waals surface area contributed by atoms with Gasteiger partial charge in [-0.1, -0.05) is 109 Å². The van der Waals surface area contributed by atoms with Crippen molar-refractivity contribution in [2.75, 3.05) is 0 Å². The molecule has 0 aromatic heterocycles. The van der Waals surface area contributed by atoms with Crippen LogP contribution in [-0.2, 0) is 6.42 Å². The Balaban J connectivity index is 1.67. The van der Waals surface area contributed by atoms with Crippen LogP contribution in [0.15, 0.2) is 12.1 Å². The average Bonchev–Trinajstić information content (AvgIpc) is 2.79. The first-order valence-electron chi connectivity index (χ1n) is 13.6. The molecule has 0 amide bonds. The van der Waals surface area contributed by atoms with Crippen molar-refractivity contribution < 1.29 is 8.78 Å². The van der Waals surface area contributed by atoms with Crippen LogP contribution in [0.5, 0.6) is 0 Å². The van der Waals surface area contributed by atoms with E-state index in [0.29, 0.717) is 17.5 Å². The zero-order valence-electron chi connectivity index (χ0n) is 20.5. The molecule has 0 atom stereocenters. The minimum atomic E-state index is -0.571. The molecule has 1 aromatic rings. The molecular weight excluding hydrogens is 386 g/mol. The normalized spacial score (nSPS) is 19.1. The van der Waals surface area contributed by atoms with E-state index in [2.05, 4.69) is 13.8 Å². The van der Waals surface area contributed by atoms with E-state index >= 15 is 0 Å². The molecule has 2 heteroatoms. The molecule has 0 bridgehead atoms. The fourth-order valence-electron chi connectivity index (χ4n) is 5.36. The Morgan fingerprint density at radius 2 is 1.19 bits per heavy atom. The molecule has 0 spiro atoms. The van der Waals surface area contributed by atoms with Gasteiger partial charge in [0.15, 0.2) is 11.6 Å². The maximum absolute atomic E-state index is 14.8. The van der Waals surface area contributed by atoms with Crippen LogP contribution in [0.4, 0.5) is 8.78 Å². The summed E-state index contributed by atoms with van der Waals surface area (Å²) in [5.41, 5.74) is 1.21. The SMILES string of the molecule is CCCCCCCCCCCCc1ccc(C2CCC(CCCCC)CC2)c(F)c1F. The fourth-order valence-corrected chi connectivity index (χ4v) is 5.36. The van der Waals surface area contributed by atoms with Crippen LogP contribution in [0.1, 0.15) is 146 Å². The summed E-state index contributed by atoms with van der Waals surface area (Å²) in [6.07, 6.45) is 23.0. The number of hydrogen-bond acceptors (Lipinski definition) is 0. The molecule has 0 heterocycles. The second-order valence-corrected chi connectivity index (χ2v) is 10.1. The van der Waals surface area contributed by atoms with Crippen molar-refractivity contribution in [3.05, 3.63) is 34.9 Å². The molecule has 0 aliphatic heterocycles. The number of halogens is 2. The van der Waals surface area contributed by atoms with Crippen molar-refractivity contribution in [2.24, 2.45) is 5.92 Å². The van der Waals surface area contributed by atoms with Gasteiger partial charge in [-0.2, -0.15) is 0 Å². The predicted molar refractivity (Wildman–Crippen MR) is 131 cm³/mol.